The normalized spacial score (nSPS) is 17.6. The molecule has 1 rings (SSSR count). The molecule has 3 amide bonds. The van der Waals surface area contributed by atoms with Crippen LogP contribution in [0.4, 0.5) is 4.79 Å². The Morgan fingerprint density at radius 3 is 2.40 bits per heavy atom. The van der Waals surface area contributed by atoms with Crippen LogP contribution < -0.4 is 11.1 Å². The van der Waals surface area contributed by atoms with Crippen molar-refractivity contribution in [2.45, 2.75) is 31.8 Å². The highest BCUT2D eigenvalue weighted by molar-refractivity contribution is 5.75. The summed E-state index contributed by atoms with van der Waals surface area (Å²) in [6.45, 7) is 1.20. The van der Waals surface area contributed by atoms with Gasteiger partial charge in [0.15, 0.2) is 6.10 Å². The molecule has 1 heterocycles. The molecule has 0 radical (unpaired) electrons. The van der Waals surface area contributed by atoms with Gasteiger partial charge in [0.2, 0.25) is 5.91 Å². The summed E-state index contributed by atoms with van der Waals surface area (Å²) in [5.74, 6) is -1.40. The predicted molar refractivity (Wildman–Crippen MR) is 69.8 cm³/mol. The van der Waals surface area contributed by atoms with Crippen LogP contribution >= 0.6 is 0 Å². The third kappa shape index (κ3) is 5.43. The van der Waals surface area contributed by atoms with E-state index < -0.39 is 12.1 Å². The summed E-state index contributed by atoms with van der Waals surface area (Å²) in [5.41, 5.74) is 5.13. The molecule has 0 aromatic heterocycles. The second-order valence-corrected chi connectivity index (χ2v) is 4.98. The van der Waals surface area contributed by atoms with Crippen LogP contribution in [0.2, 0.25) is 0 Å². The molecule has 1 aliphatic rings. The predicted octanol–water partition coefficient (Wildman–Crippen LogP) is -0.881. The molecular weight excluding hydrogens is 266 g/mol. The first-order valence-corrected chi connectivity index (χ1v) is 6.62. The summed E-state index contributed by atoms with van der Waals surface area (Å²) in [5, 5.41) is 20.1. The average molecular weight is 287 g/mol. The maximum Gasteiger partial charge on any atom is 0.332 e. The van der Waals surface area contributed by atoms with Crippen molar-refractivity contribution in [1.82, 2.24) is 10.2 Å². The van der Waals surface area contributed by atoms with Gasteiger partial charge >= 0.3 is 12.0 Å². The molecule has 0 aromatic carbocycles. The monoisotopic (exact) mass is 287 g/mol. The topological polar surface area (TPSA) is 133 Å². The summed E-state index contributed by atoms with van der Waals surface area (Å²) in [7, 11) is 0. The first kappa shape index (κ1) is 16.2. The number of aliphatic hydroxyl groups is 1. The Kier molecular flexibility index (Phi) is 6.23. The Bertz CT molecular complexity index is 366. The van der Waals surface area contributed by atoms with Gasteiger partial charge < -0.3 is 26.2 Å². The van der Waals surface area contributed by atoms with Crippen LogP contribution in [-0.4, -0.2) is 58.8 Å². The average Bonchev–Trinajstić information content (AvgIpc) is 2.38. The highest BCUT2D eigenvalue weighted by atomic mass is 16.4. The van der Waals surface area contributed by atoms with Crippen molar-refractivity contribution >= 4 is 17.9 Å². The summed E-state index contributed by atoms with van der Waals surface area (Å²) in [6.07, 6.45) is 0.318. The number of carboxylic acid groups (broad SMARTS) is 1. The van der Waals surface area contributed by atoms with E-state index in [-0.39, 0.29) is 30.8 Å². The standard InChI is InChI=1S/C12H21N3O5/c13-10(17)7-8-2-5-15(6-3-8)12(20)14-4-1-9(16)11(18)19/h8-9,16H,1-7H2,(H2,13,17)(H,14,20)(H,18,19). The molecule has 1 unspecified atom stereocenters. The molecule has 1 saturated heterocycles. The Morgan fingerprint density at radius 1 is 1.30 bits per heavy atom. The first-order valence-electron chi connectivity index (χ1n) is 6.62. The molecule has 1 aliphatic heterocycles. The Morgan fingerprint density at radius 2 is 1.90 bits per heavy atom. The van der Waals surface area contributed by atoms with Crippen molar-refractivity contribution in [3.8, 4) is 0 Å². The van der Waals surface area contributed by atoms with Crippen molar-refractivity contribution in [2.24, 2.45) is 11.7 Å². The second-order valence-electron chi connectivity index (χ2n) is 4.98. The number of amides is 3. The lowest BCUT2D eigenvalue weighted by atomic mass is 9.93. The number of hydrogen-bond donors (Lipinski definition) is 4. The van der Waals surface area contributed by atoms with E-state index in [1.807, 2.05) is 0 Å². The maximum atomic E-state index is 11.8. The number of carbonyl (C=O) groups excluding carboxylic acids is 2. The van der Waals surface area contributed by atoms with Crippen LogP contribution in [0, 0.1) is 5.92 Å². The van der Waals surface area contributed by atoms with Crippen LogP contribution in [0.25, 0.3) is 0 Å². The lowest BCUT2D eigenvalue weighted by Gasteiger charge is -2.31. The molecular formula is C12H21N3O5. The molecule has 0 saturated carbocycles. The van der Waals surface area contributed by atoms with E-state index in [4.69, 9.17) is 15.9 Å². The van der Waals surface area contributed by atoms with Gasteiger partial charge in [-0.15, -0.1) is 0 Å². The van der Waals surface area contributed by atoms with Crippen LogP contribution in [0.3, 0.4) is 0 Å². The molecule has 8 heteroatoms. The number of nitrogens with two attached hydrogens (primary N) is 1. The highest BCUT2D eigenvalue weighted by Crippen LogP contribution is 2.19. The molecule has 0 bridgehead atoms. The van der Waals surface area contributed by atoms with Crippen LogP contribution in [0.15, 0.2) is 0 Å². The number of carbonyl (C=O) groups is 3. The van der Waals surface area contributed by atoms with Gasteiger partial charge in [-0.2, -0.15) is 0 Å². The van der Waals surface area contributed by atoms with E-state index in [0.717, 1.165) is 12.8 Å². The SMILES string of the molecule is NC(=O)CC1CCN(C(=O)NCCC(O)C(=O)O)CC1. The van der Waals surface area contributed by atoms with Gasteiger partial charge in [-0.25, -0.2) is 9.59 Å². The number of piperidine rings is 1. The van der Waals surface area contributed by atoms with Gasteiger partial charge in [0.1, 0.15) is 0 Å². The number of urea groups is 1. The third-order valence-electron chi connectivity index (χ3n) is 3.37. The highest BCUT2D eigenvalue weighted by Gasteiger charge is 2.23. The number of aliphatic hydroxyl groups excluding tert-OH is 1. The fraction of sp³-hybridized carbons (Fsp3) is 0.750. The number of aliphatic carboxylic acids is 1. The number of likely N-dealkylation sites (tertiary alicyclic amines) is 1. The fourth-order valence-electron chi connectivity index (χ4n) is 2.18. The van der Waals surface area contributed by atoms with Crippen molar-refractivity contribution < 1.29 is 24.6 Å². The van der Waals surface area contributed by atoms with Crippen molar-refractivity contribution in [2.75, 3.05) is 19.6 Å². The Labute approximate surface area is 116 Å². The van der Waals surface area contributed by atoms with E-state index in [0.29, 0.717) is 19.5 Å². The molecule has 1 fully saturated rings. The first-order chi connectivity index (χ1) is 9.40. The maximum absolute atomic E-state index is 11.8. The molecule has 0 spiro atoms. The Balaban J connectivity index is 2.22. The van der Waals surface area contributed by atoms with Crippen LogP contribution in [-0.2, 0) is 9.59 Å². The minimum Gasteiger partial charge on any atom is -0.479 e. The quantitative estimate of drug-likeness (QED) is 0.503. The van der Waals surface area contributed by atoms with Gasteiger partial charge in [-0.3, -0.25) is 4.79 Å². The summed E-state index contributed by atoms with van der Waals surface area (Å²) < 4.78 is 0. The molecule has 20 heavy (non-hydrogen) atoms. The molecule has 1 atom stereocenters. The van der Waals surface area contributed by atoms with E-state index >= 15 is 0 Å². The van der Waals surface area contributed by atoms with E-state index in [9.17, 15) is 14.4 Å². The third-order valence-corrected chi connectivity index (χ3v) is 3.37. The van der Waals surface area contributed by atoms with Gasteiger partial charge in [0.25, 0.3) is 0 Å². The van der Waals surface area contributed by atoms with Crippen molar-refractivity contribution in [3.63, 3.8) is 0 Å². The lowest BCUT2D eigenvalue weighted by Crippen LogP contribution is -2.45. The number of primary amides is 1. The zero-order valence-electron chi connectivity index (χ0n) is 11.2. The fourth-order valence-corrected chi connectivity index (χ4v) is 2.18. The smallest absolute Gasteiger partial charge is 0.332 e. The second kappa shape index (κ2) is 7.68. The zero-order valence-corrected chi connectivity index (χ0v) is 11.2. The van der Waals surface area contributed by atoms with E-state index in [1.165, 1.54) is 0 Å². The summed E-state index contributed by atoms with van der Waals surface area (Å²) in [4.78, 5) is 34.6. The minimum absolute atomic E-state index is 0.0286. The lowest BCUT2D eigenvalue weighted by molar-refractivity contribution is -0.146. The van der Waals surface area contributed by atoms with E-state index in [1.54, 1.807) is 4.90 Å². The van der Waals surface area contributed by atoms with Crippen LogP contribution in [0.5, 0.6) is 0 Å². The van der Waals surface area contributed by atoms with E-state index in [2.05, 4.69) is 5.32 Å². The molecule has 0 aliphatic carbocycles. The molecule has 5 N–H and O–H groups in total. The van der Waals surface area contributed by atoms with Gasteiger partial charge in [0, 0.05) is 32.5 Å². The Hall–Kier alpha value is -1.83. The molecule has 114 valence electrons. The molecule has 0 aromatic rings. The minimum atomic E-state index is -1.46. The van der Waals surface area contributed by atoms with Crippen molar-refractivity contribution in [3.05, 3.63) is 0 Å². The number of rotatable bonds is 6. The summed E-state index contributed by atoms with van der Waals surface area (Å²) in [6, 6.07) is -0.278. The summed E-state index contributed by atoms with van der Waals surface area (Å²) >= 11 is 0. The number of nitrogens with one attached hydrogen (secondary N) is 1. The van der Waals surface area contributed by atoms with Gasteiger partial charge in [-0.1, -0.05) is 0 Å². The number of nitrogens with zero attached hydrogens (tertiary/aromatic N) is 1. The van der Waals surface area contributed by atoms with Crippen molar-refractivity contribution in [1.29, 1.82) is 0 Å². The largest absolute Gasteiger partial charge is 0.479 e. The molecule has 8 nitrogen and oxygen atoms in total. The van der Waals surface area contributed by atoms with Gasteiger partial charge in [0.05, 0.1) is 0 Å². The van der Waals surface area contributed by atoms with Crippen LogP contribution in [0.1, 0.15) is 25.7 Å². The number of hydrogen-bond acceptors (Lipinski definition) is 4. The number of carboxylic acids is 1. The zero-order chi connectivity index (χ0) is 15.1. The van der Waals surface area contributed by atoms with Gasteiger partial charge in [-0.05, 0) is 18.8 Å².